The van der Waals surface area contributed by atoms with Crippen LogP contribution in [0.25, 0.3) is 0 Å². The van der Waals surface area contributed by atoms with E-state index in [0.717, 1.165) is 38.3 Å². The Kier molecular flexibility index (Phi) is 20.1. The SMILES string of the molecule is CCCCCCC(C)CCCCCCCCCCCCC=CCCCC(=O)N1CCCC1. The summed E-state index contributed by atoms with van der Waals surface area (Å²) in [6.07, 6.45) is 33.9. The molecule has 1 amide bonds. The fourth-order valence-corrected chi connectivity index (χ4v) is 4.96. The van der Waals surface area contributed by atoms with Crippen LogP contribution in [0.4, 0.5) is 0 Å². The summed E-state index contributed by atoms with van der Waals surface area (Å²) < 4.78 is 0. The Morgan fingerprint density at radius 3 is 1.72 bits per heavy atom. The molecule has 0 spiro atoms. The molecule has 1 saturated heterocycles. The molecule has 1 rings (SSSR count). The van der Waals surface area contributed by atoms with Crippen LogP contribution in [0.2, 0.25) is 0 Å². The lowest BCUT2D eigenvalue weighted by Crippen LogP contribution is -2.27. The molecule has 1 aliphatic heterocycles. The number of amides is 1. The van der Waals surface area contributed by atoms with Gasteiger partial charge in [0.2, 0.25) is 5.91 Å². The summed E-state index contributed by atoms with van der Waals surface area (Å²) in [4.78, 5) is 14.0. The van der Waals surface area contributed by atoms with Gasteiger partial charge in [-0.3, -0.25) is 4.79 Å². The maximum absolute atomic E-state index is 12.0. The molecule has 0 radical (unpaired) electrons. The van der Waals surface area contributed by atoms with Crippen LogP contribution in [0.3, 0.4) is 0 Å². The molecular formula is C30H57NO. The zero-order chi connectivity index (χ0) is 23.1. The van der Waals surface area contributed by atoms with Crippen LogP contribution >= 0.6 is 0 Å². The van der Waals surface area contributed by atoms with Crippen molar-refractivity contribution in [2.45, 2.75) is 155 Å². The highest BCUT2D eigenvalue weighted by Gasteiger charge is 2.16. The van der Waals surface area contributed by atoms with E-state index in [4.69, 9.17) is 0 Å². The Balaban J connectivity index is 1.73. The summed E-state index contributed by atoms with van der Waals surface area (Å²) in [7, 11) is 0. The van der Waals surface area contributed by atoms with E-state index in [1.54, 1.807) is 0 Å². The number of hydrogen-bond acceptors (Lipinski definition) is 1. The summed E-state index contributed by atoms with van der Waals surface area (Å²) in [6, 6.07) is 0. The summed E-state index contributed by atoms with van der Waals surface area (Å²) in [5, 5.41) is 0. The first-order valence-corrected chi connectivity index (χ1v) is 14.7. The lowest BCUT2D eigenvalue weighted by atomic mass is 9.96. The lowest BCUT2D eigenvalue weighted by Gasteiger charge is -2.14. The number of carbonyl (C=O) groups excluding carboxylic acids is 1. The van der Waals surface area contributed by atoms with Gasteiger partial charge in [-0.05, 0) is 44.4 Å². The van der Waals surface area contributed by atoms with Gasteiger partial charge < -0.3 is 4.90 Å². The van der Waals surface area contributed by atoms with Crippen LogP contribution in [0.15, 0.2) is 12.2 Å². The highest BCUT2D eigenvalue weighted by Crippen LogP contribution is 2.18. The largest absolute Gasteiger partial charge is 0.343 e. The minimum Gasteiger partial charge on any atom is -0.343 e. The fraction of sp³-hybridized carbons (Fsp3) is 0.900. The Labute approximate surface area is 202 Å². The van der Waals surface area contributed by atoms with Gasteiger partial charge in [0.25, 0.3) is 0 Å². The lowest BCUT2D eigenvalue weighted by molar-refractivity contribution is -0.130. The standard InChI is InChI=1S/C30H57NO/c1-3-4-5-19-24-29(2)25-20-17-15-13-11-9-7-6-8-10-12-14-16-18-21-26-30(32)31-27-22-23-28-31/h14,16,29H,3-13,15,17-28H2,1-2H3. The zero-order valence-electron chi connectivity index (χ0n) is 22.1. The van der Waals surface area contributed by atoms with Crippen LogP contribution in [-0.4, -0.2) is 23.9 Å². The van der Waals surface area contributed by atoms with Crippen LogP contribution in [0, 0.1) is 5.92 Å². The summed E-state index contributed by atoms with van der Waals surface area (Å²) in [6.45, 7) is 6.74. The second-order valence-electron chi connectivity index (χ2n) is 10.5. The molecule has 1 unspecified atom stereocenters. The molecule has 0 aromatic heterocycles. The number of unbranched alkanes of at least 4 members (excludes halogenated alkanes) is 14. The van der Waals surface area contributed by atoms with E-state index in [1.165, 1.54) is 122 Å². The van der Waals surface area contributed by atoms with Crippen molar-refractivity contribution in [1.29, 1.82) is 0 Å². The number of rotatable bonds is 22. The van der Waals surface area contributed by atoms with Crippen molar-refractivity contribution in [3.05, 3.63) is 12.2 Å². The van der Waals surface area contributed by atoms with Crippen LogP contribution in [0.1, 0.15) is 155 Å². The maximum atomic E-state index is 12.0. The number of carbonyl (C=O) groups is 1. The van der Waals surface area contributed by atoms with Crippen molar-refractivity contribution < 1.29 is 4.79 Å². The Morgan fingerprint density at radius 1 is 0.688 bits per heavy atom. The van der Waals surface area contributed by atoms with Gasteiger partial charge in [0.05, 0.1) is 0 Å². The second kappa shape index (κ2) is 22.0. The van der Waals surface area contributed by atoms with E-state index in [0.29, 0.717) is 5.91 Å². The van der Waals surface area contributed by atoms with E-state index in [9.17, 15) is 4.79 Å². The minimum atomic E-state index is 0.374. The predicted octanol–water partition coefficient (Wildman–Crippen LogP) is 9.62. The van der Waals surface area contributed by atoms with E-state index in [1.807, 2.05) is 4.90 Å². The fourth-order valence-electron chi connectivity index (χ4n) is 4.96. The quantitative estimate of drug-likeness (QED) is 0.119. The van der Waals surface area contributed by atoms with Gasteiger partial charge in [0.1, 0.15) is 0 Å². The molecule has 0 aromatic rings. The average Bonchev–Trinajstić information content (AvgIpc) is 3.34. The van der Waals surface area contributed by atoms with E-state index < -0.39 is 0 Å². The van der Waals surface area contributed by atoms with Crippen molar-refractivity contribution in [2.75, 3.05) is 13.1 Å². The number of allylic oxidation sites excluding steroid dienone is 2. The highest BCUT2D eigenvalue weighted by molar-refractivity contribution is 5.76. The van der Waals surface area contributed by atoms with E-state index >= 15 is 0 Å². The van der Waals surface area contributed by atoms with Crippen molar-refractivity contribution in [2.24, 2.45) is 5.92 Å². The van der Waals surface area contributed by atoms with Crippen LogP contribution in [0.5, 0.6) is 0 Å². The Bertz CT molecular complexity index is 438. The molecular weight excluding hydrogens is 390 g/mol. The molecule has 2 nitrogen and oxygen atoms in total. The summed E-state index contributed by atoms with van der Waals surface area (Å²) >= 11 is 0. The number of likely N-dealkylation sites (tertiary alicyclic amines) is 1. The first-order valence-electron chi connectivity index (χ1n) is 14.7. The first-order chi connectivity index (χ1) is 15.7. The van der Waals surface area contributed by atoms with Crippen molar-refractivity contribution in [3.8, 4) is 0 Å². The molecule has 0 N–H and O–H groups in total. The molecule has 1 atom stereocenters. The molecule has 1 heterocycles. The highest BCUT2D eigenvalue weighted by atomic mass is 16.2. The molecule has 188 valence electrons. The summed E-state index contributed by atoms with van der Waals surface area (Å²) in [5.41, 5.74) is 0. The molecule has 0 saturated carbocycles. The van der Waals surface area contributed by atoms with Gasteiger partial charge in [0.15, 0.2) is 0 Å². The summed E-state index contributed by atoms with van der Waals surface area (Å²) in [5.74, 6) is 1.32. The van der Waals surface area contributed by atoms with E-state index in [2.05, 4.69) is 26.0 Å². The van der Waals surface area contributed by atoms with Gasteiger partial charge >= 0.3 is 0 Å². The van der Waals surface area contributed by atoms with Crippen LogP contribution in [-0.2, 0) is 4.79 Å². The van der Waals surface area contributed by atoms with Gasteiger partial charge in [-0.2, -0.15) is 0 Å². The van der Waals surface area contributed by atoms with Crippen molar-refractivity contribution in [1.82, 2.24) is 4.90 Å². The molecule has 0 aliphatic carbocycles. The normalized spacial score (nSPS) is 15.1. The molecule has 2 heteroatoms. The molecule has 1 fully saturated rings. The van der Waals surface area contributed by atoms with Gasteiger partial charge in [0, 0.05) is 19.5 Å². The molecule has 32 heavy (non-hydrogen) atoms. The number of nitrogens with zero attached hydrogens (tertiary/aromatic N) is 1. The Hall–Kier alpha value is -0.790. The third-order valence-corrected chi connectivity index (χ3v) is 7.26. The van der Waals surface area contributed by atoms with Gasteiger partial charge in [-0.15, -0.1) is 0 Å². The van der Waals surface area contributed by atoms with Crippen molar-refractivity contribution >= 4 is 5.91 Å². The minimum absolute atomic E-state index is 0.374. The third-order valence-electron chi connectivity index (χ3n) is 7.26. The van der Waals surface area contributed by atoms with Gasteiger partial charge in [-0.1, -0.05) is 122 Å². The van der Waals surface area contributed by atoms with Crippen molar-refractivity contribution in [3.63, 3.8) is 0 Å². The molecule has 0 bridgehead atoms. The Morgan fingerprint density at radius 2 is 1.16 bits per heavy atom. The van der Waals surface area contributed by atoms with Crippen LogP contribution < -0.4 is 0 Å². The molecule has 1 aliphatic rings. The zero-order valence-corrected chi connectivity index (χ0v) is 22.1. The topological polar surface area (TPSA) is 20.3 Å². The maximum Gasteiger partial charge on any atom is 0.222 e. The van der Waals surface area contributed by atoms with Gasteiger partial charge in [-0.25, -0.2) is 0 Å². The number of hydrogen-bond donors (Lipinski definition) is 0. The monoisotopic (exact) mass is 447 g/mol. The average molecular weight is 448 g/mol. The molecule has 0 aromatic carbocycles. The predicted molar refractivity (Wildman–Crippen MR) is 142 cm³/mol. The second-order valence-corrected chi connectivity index (χ2v) is 10.5. The smallest absolute Gasteiger partial charge is 0.222 e. The van der Waals surface area contributed by atoms with E-state index in [-0.39, 0.29) is 0 Å². The first kappa shape index (κ1) is 29.2. The third kappa shape index (κ3) is 17.7.